The number of aromatic nitrogens is 2. The molecule has 3 aromatic rings. The number of imidazole rings is 1. The summed E-state index contributed by atoms with van der Waals surface area (Å²) in [6.45, 7) is 2.80. The Balaban J connectivity index is 1.96. The predicted octanol–water partition coefficient (Wildman–Crippen LogP) is 4.27. The van der Waals surface area contributed by atoms with Crippen molar-refractivity contribution in [1.29, 1.82) is 0 Å². The zero-order valence-corrected chi connectivity index (χ0v) is 15.6. The molecule has 5 heteroatoms. The van der Waals surface area contributed by atoms with Gasteiger partial charge < -0.3 is 18.8 Å². The normalized spacial score (nSPS) is 12.0. The number of rotatable bonds is 7. The van der Waals surface area contributed by atoms with Crippen LogP contribution in [0.25, 0.3) is 22.5 Å². The van der Waals surface area contributed by atoms with E-state index in [2.05, 4.69) is 27.8 Å². The summed E-state index contributed by atoms with van der Waals surface area (Å²) in [7, 11) is 5.00. The van der Waals surface area contributed by atoms with Crippen LogP contribution in [0, 0.1) is 0 Å². The third kappa shape index (κ3) is 3.73. The molecular formula is C21H24N2O3. The Kier molecular flexibility index (Phi) is 5.58. The number of nitrogens with zero attached hydrogens (tertiary/aromatic N) is 2. The van der Waals surface area contributed by atoms with Gasteiger partial charge in [0.15, 0.2) is 11.5 Å². The van der Waals surface area contributed by atoms with E-state index in [-0.39, 0.29) is 6.10 Å². The van der Waals surface area contributed by atoms with E-state index in [1.807, 2.05) is 43.6 Å². The van der Waals surface area contributed by atoms with Gasteiger partial charge in [0.05, 0.1) is 26.9 Å². The summed E-state index contributed by atoms with van der Waals surface area (Å²) in [4.78, 5) is 4.53. The summed E-state index contributed by atoms with van der Waals surface area (Å²) in [5, 5.41) is 0. The number of methoxy groups -OCH3 is 3. The fraction of sp³-hybridized carbons (Fsp3) is 0.286. The average Bonchev–Trinajstić information content (AvgIpc) is 3.15. The van der Waals surface area contributed by atoms with E-state index in [0.29, 0.717) is 5.75 Å². The molecule has 1 heterocycles. The highest BCUT2D eigenvalue weighted by Gasteiger charge is 2.11. The fourth-order valence-electron chi connectivity index (χ4n) is 2.92. The lowest BCUT2D eigenvalue weighted by Gasteiger charge is -2.14. The first-order valence-corrected chi connectivity index (χ1v) is 8.53. The Labute approximate surface area is 154 Å². The smallest absolute Gasteiger partial charge is 0.161 e. The van der Waals surface area contributed by atoms with Crippen LogP contribution in [0.2, 0.25) is 0 Å². The maximum atomic E-state index is 5.42. The van der Waals surface area contributed by atoms with Gasteiger partial charge in [0.1, 0.15) is 5.82 Å². The van der Waals surface area contributed by atoms with Crippen LogP contribution < -0.4 is 9.47 Å². The highest BCUT2D eigenvalue weighted by molar-refractivity contribution is 5.72. The van der Waals surface area contributed by atoms with E-state index in [0.717, 1.165) is 34.8 Å². The lowest BCUT2D eigenvalue weighted by atomic mass is 10.0. The van der Waals surface area contributed by atoms with Crippen LogP contribution in [-0.2, 0) is 11.3 Å². The van der Waals surface area contributed by atoms with Crippen LogP contribution in [-0.4, -0.2) is 37.0 Å². The van der Waals surface area contributed by atoms with E-state index in [1.54, 1.807) is 21.3 Å². The summed E-state index contributed by atoms with van der Waals surface area (Å²) in [5.74, 6) is 2.36. The lowest BCUT2D eigenvalue weighted by Crippen LogP contribution is -2.14. The molecule has 0 aliphatic heterocycles. The van der Waals surface area contributed by atoms with Crippen molar-refractivity contribution >= 4 is 0 Å². The van der Waals surface area contributed by atoms with Gasteiger partial charge in [-0.3, -0.25) is 0 Å². The minimum absolute atomic E-state index is 0.122. The molecule has 0 amide bonds. The van der Waals surface area contributed by atoms with Gasteiger partial charge in [-0.25, -0.2) is 4.98 Å². The summed E-state index contributed by atoms with van der Waals surface area (Å²) in [5.41, 5.74) is 3.22. The standard InChI is InChI=1S/C21H24N2O3/c1-15(24-2)14-23-11-10-22-21(23)18-7-5-6-16(12-18)17-8-9-19(25-3)20(13-17)26-4/h5-13,15H,14H2,1-4H3. The second-order valence-corrected chi connectivity index (χ2v) is 6.10. The quantitative estimate of drug-likeness (QED) is 0.637. The molecule has 1 atom stereocenters. The number of hydrogen-bond donors (Lipinski definition) is 0. The van der Waals surface area contributed by atoms with Crippen LogP contribution >= 0.6 is 0 Å². The Hall–Kier alpha value is -2.79. The van der Waals surface area contributed by atoms with Crippen molar-refractivity contribution in [3.05, 3.63) is 54.9 Å². The Morgan fingerprint density at radius 1 is 0.923 bits per heavy atom. The summed E-state index contributed by atoms with van der Waals surface area (Å²) < 4.78 is 18.2. The first kappa shape index (κ1) is 18.0. The molecule has 0 aliphatic rings. The third-order valence-corrected chi connectivity index (χ3v) is 4.41. The molecule has 0 saturated carbocycles. The first-order valence-electron chi connectivity index (χ1n) is 8.53. The van der Waals surface area contributed by atoms with Crippen molar-refractivity contribution < 1.29 is 14.2 Å². The van der Waals surface area contributed by atoms with Gasteiger partial charge >= 0.3 is 0 Å². The van der Waals surface area contributed by atoms with Gasteiger partial charge in [0.2, 0.25) is 0 Å². The predicted molar refractivity (Wildman–Crippen MR) is 103 cm³/mol. The second kappa shape index (κ2) is 8.06. The minimum atomic E-state index is 0.122. The molecule has 2 aromatic carbocycles. The number of ether oxygens (including phenoxy) is 3. The fourth-order valence-corrected chi connectivity index (χ4v) is 2.92. The van der Waals surface area contributed by atoms with Gasteiger partial charge in [-0.05, 0) is 36.2 Å². The summed E-state index contributed by atoms with van der Waals surface area (Å²) >= 11 is 0. The maximum absolute atomic E-state index is 5.42. The molecule has 0 aliphatic carbocycles. The van der Waals surface area contributed by atoms with Gasteiger partial charge in [-0.2, -0.15) is 0 Å². The molecule has 5 nitrogen and oxygen atoms in total. The van der Waals surface area contributed by atoms with E-state index in [9.17, 15) is 0 Å². The van der Waals surface area contributed by atoms with Crippen LogP contribution in [0.15, 0.2) is 54.9 Å². The van der Waals surface area contributed by atoms with Crippen molar-refractivity contribution in [1.82, 2.24) is 9.55 Å². The monoisotopic (exact) mass is 352 g/mol. The van der Waals surface area contributed by atoms with Crippen molar-refractivity contribution in [3.63, 3.8) is 0 Å². The number of benzene rings is 2. The molecule has 26 heavy (non-hydrogen) atoms. The molecular weight excluding hydrogens is 328 g/mol. The summed E-state index contributed by atoms with van der Waals surface area (Å²) in [6.07, 6.45) is 3.92. The molecule has 0 fully saturated rings. The highest BCUT2D eigenvalue weighted by Crippen LogP contribution is 2.33. The van der Waals surface area contributed by atoms with Crippen LogP contribution in [0.4, 0.5) is 0 Å². The van der Waals surface area contributed by atoms with E-state index in [4.69, 9.17) is 14.2 Å². The van der Waals surface area contributed by atoms with Gasteiger partial charge in [0, 0.05) is 25.1 Å². The van der Waals surface area contributed by atoms with Gasteiger partial charge in [0.25, 0.3) is 0 Å². The lowest BCUT2D eigenvalue weighted by molar-refractivity contribution is 0.103. The number of hydrogen-bond acceptors (Lipinski definition) is 4. The second-order valence-electron chi connectivity index (χ2n) is 6.10. The molecule has 0 radical (unpaired) electrons. The molecule has 1 aromatic heterocycles. The zero-order chi connectivity index (χ0) is 18.5. The Morgan fingerprint density at radius 3 is 2.38 bits per heavy atom. The SMILES string of the molecule is COc1ccc(-c2cccc(-c3nccn3CC(C)OC)c2)cc1OC. The molecule has 1 unspecified atom stereocenters. The third-order valence-electron chi connectivity index (χ3n) is 4.41. The van der Waals surface area contributed by atoms with Gasteiger partial charge in [-0.1, -0.05) is 24.3 Å². The average molecular weight is 352 g/mol. The van der Waals surface area contributed by atoms with E-state index < -0.39 is 0 Å². The minimum Gasteiger partial charge on any atom is -0.493 e. The molecule has 0 saturated heterocycles. The van der Waals surface area contributed by atoms with Crippen molar-refractivity contribution in [3.8, 4) is 34.0 Å². The van der Waals surface area contributed by atoms with Crippen LogP contribution in [0.3, 0.4) is 0 Å². The molecule has 136 valence electrons. The molecule has 0 N–H and O–H groups in total. The van der Waals surface area contributed by atoms with Crippen LogP contribution in [0.5, 0.6) is 11.5 Å². The van der Waals surface area contributed by atoms with Crippen molar-refractivity contribution in [2.75, 3.05) is 21.3 Å². The van der Waals surface area contributed by atoms with Crippen molar-refractivity contribution in [2.24, 2.45) is 0 Å². The van der Waals surface area contributed by atoms with Crippen LogP contribution in [0.1, 0.15) is 6.92 Å². The molecule has 3 rings (SSSR count). The highest BCUT2D eigenvalue weighted by atomic mass is 16.5. The molecule has 0 bridgehead atoms. The Bertz CT molecular complexity index is 873. The topological polar surface area (TPSA) is 45.5 Å². The largest absolute Gasteiger partial charge is 0.493 e. The van der Waals surface area contributed by atoms with Gasteiger partial charge in [-0.15, -0.1) is 0 Å². The van der Waals surface area contributed by atoms with E-state index in [1.165, 1.54) is 0 Å². The zero-order valence-electron chi connectivity index (χ0n) is 15.6. The molecule has 0 spiro atoms. The van der Waals surface area contributed by atoms with Crippen molar-refractivity contribution in [2.45, 2.75) is 19.6 Å². The Morgan fingerprint density at radius 2 is 1.65 bits per heavy atom. The summed E-state index contributed by atoms with van der Waals surface area (Å²) in [6, 6.07) is 14.3. The maximum Gasteiger partial charge on any atom is 0.161 e. The first-order chi connectivity index (χ1) is 12.7. The van der Waals surface area contributed by atoms with E-state index >= 15 is 0 Å².